The standard InChI is InChI=1S/C12H15F3N2O/c13-12(14,15)10-1-2-11(17-7-10)18-8-9-3-5-16-6-4-9/h1-2,7,9,16H,3-6,8H2. The number of aromatic nitrogens is 1. The summed E-state index contributed by atoms with van der Waals surface area (Å²) in [5.41, 5.74) is -0.753. The highest BCUT2D eigenvalue weighted by molar-refractivity contribution is 5.20. The number of rotatable bonds is 3. The van der Waals surface area contributed by atoms with Crippen LogP contribution in [0.25, 0.3) is 0 Å². The molecule has 1 aliphatic heterocycles. The number of piperidine rings is 1. The molecule has 3 nitrogen and oxygen atoms in total. The Balaban J connectivity index is 1.86. The van der Waals surface area contributed by atoms with E-state index in [9.17, 15) is 13.2 Å². The zero-order valence-electron chi connectivity index (χ0n) is 9.83. The minimum atomic E-state index is -4.35. The van der Waals surface area contributed by atoms with Crippen molar-refractivity contribution >= 4 is 0 Å². The van der Waals surface area contributed by atoms with Gasteiger partial charge in [-0.05, 0) is 37.9 Å². The van der Waals surface area contributed by atoms with E-state index in [2.05, 4.69) is 10.3 Å². The maximum Gasteiger partial charge on any atom is 0.417 e. The predicted octanol–water partition coefficient (Wildman–Crippen LogP) is 2.48. The van der Waals surface area contributed by atoms with E-state index in [0.29, 0.717) is 12.5 Å². The molecular weight excluding hydrogens is 245 g/mol. The Labute approximate surface area is 103 Å². The van der Waals surface area contributed by atoms with Gasteiger partial charge in [0.2, 0.25) is 5.88 Å². The van der Waals surface area contributed by atoms with Crippen LogP contribution in [0.4, 0.5) is 13.2 Å². The van der Waals surface area contributed by atoms with Crippen molar-refractivity contribution in [2.75, 3.05) is 19.7 Å². The third-order valence-corrected chi connectivity index (χ3v) is 2.99. The first-order valence-corrected chi connectivity index (χ1v) is 5.92. The van der Waals surface area contributed by atoms with E-state index in [1.165, 1.54) is 6.07 Å². The average Bonchev–Trinajstić information content (AvgIpc) is 2.37. The monoisotopic (exact) mass is 260 g/mol. The molecule has 100 valence electrons. The van der Waals surface area contributed by atoms with E-state index >= 15 is 0 Å². The summed E-state index contributed by atoms with van der Waals surface area (Å²) in [5, 5.41) is 3.24. The van der Waals surface area contributed by atoms with Crippen molar-refractivity contribution in [2.24, 2.45) is 5.92 Å². The first kappa shape index (κ1) is 13.1. The Kier molecular flexibility index (Phi) is 4.06. The lowest BCUT2D eigenvalue weighted by Gasteiger charge is -2.22. The van der Waals surface area contributed by atoms with Gasteiger partial charge in [0.1, 0.15) is 0 Å². The lowest BCUT2D eigenvalue weighted by Crippen LogP contribution is -2.30. The second-order valence-electron chi connectivity index (χ2n) is 4.39. The number of nitrogens with one attached hydrogen (secondary N) is 1. The van der Waals surface area contributed by atoms with E-state index in [1.807, 2.05) is 0 Å². The number of pyridine rings is 1. The molecule has 1 aliphatic rings. The Morgan fingerprint density at radius 2 is 2.00 bits per heavy atom. The van der Waals surface area contributed by atoms with Crippen LogP contribution < -0.4 is 10.1 Å². The van der Waals surface area contributed by atoms with E-state index in [1.54, 1.807) is 0 Å². The summed E-state index contributed by atoms with van der Waals surface area (Å²) in [7, 11) is 0. The van der Waals surface area contributed by atoms with Crippen LogP contribution in [-0.4, -0.2) is 24.7 Å². The summed E-state index contributed by atoms with van der Waals surface area (Å²) in [4.78, 5) is 3.67. The van der Waals surface area contributed by atoms with Gasteiger partial charge in [0.05, 0.1) is 12.2 Å². The third kappa shape index (κ3) is 3.60. The number of alkyl halides is 3. The van der Waals surface area contributed by atoms with Gasteiger partial charge in [-0.15, -0.1) is 0 Å². The van der Waals surface area contributed by atoms with Crippen LogP contribution >= 0.6 is 0 Å². The molecule has 0 saturated carbocycles. The van der Waals surface area contributed by atoms with E-state index in [4.69, 9.17) is 4.74 Å². The van der Waals surface area contributed by atoms with E-state index in [-0.39, 0.29) is 5.88 Å². The van der Waals surface area contributed by atoms with Gasteiger partial charge in [0.25, 0.3) is 0 Å². The average molecular weight is 260 g/mol. The summed E-state index contributed by atoms with van der Waals surface area (Å²) in [6.45, 7) is 2.45. The zero-order valence-corrected chi connectivity index (χ0v) is 9.83. The molecule has 18 heavy (non-hydrogen) atoms. The topological polar surface area (TPSA) is 34.1 Å². The number of ether oxygens (including phenoxy) is 1. The van der Waals surface area contributed by atoms with E-state index < -0.39 is 11.7 Å². The third-order valence-electron chi connectivity index (χ3n) is 2.99. The minimum Gasteiger partial charge on any atom is -0.477 e. The molecule has 1 fully saturated rings. The molecule has 0 aliphatic carbocycles. The van der Waals surface area contributed by atoms with Gasteiger partial charge in [-0.25, -0.2) is 4.98 Å². The molecule has 1 N–H and O–H groups in total. The largest absolute Gasteiger partial charge is 0.477 e. The Morgan fingerprint density at radius 3 is 2.56 bits per heavy atom. The maximum absolute atomic E-state index is 12.3. The van der Waals surface area contributed by atoms with Crippen LogP contribution in [0.5, 0.6) is 5.88 Å². The first-order valence-electron chi connectivity index (χ1n) is 5.92. The summed E-state index contributed by atoms with van der Waals surface area (Å²) < 4.78 is 42.3. The van der Waals surface area contributed by atoms with Crippen molar-refractivity contribution in [1.82, 2.24) is 10.3 Å². The minimum absolute atomic E-state index is 0.251. The van der Waals surface area contributed by atoms with Crippen LogP contribution in [0.2, 0.25) is 0 Å². The lowest BCUT2D eigenvalue weighted by molar-refractivity contribution is -0.137. The Hall–Kier alpha value is -1.30. The van der Waals surface area contributed by atoms with Crippen LogP contribution in [0, 0.1) is 5.92 Å². The Bertz CT molecular complexity index is 372. The molecular formula is C12H15F3N2O. The summed E-state index contributed by atoms with van der Waals surface area (Å²) in [6.07, 6.45) is -1.49. The number of nitrogens with zero attached hydrogens (tertiary/aromatic N) is 1. The molecule has 0 aromatic carbocycles. The normalized spacial score (nSPS) is 17.7. The van der Waals surface area contributed by atoms with Crippen molar-refractivity contribution in [3.63, 3.8) is 0 Å². The molecule has 0 radical (unpaired) electrons. The van der Waals surface area contributed by atoms with Crippen LogP contribution in [0.1, 0.15) is 18.4 Å². The molecule has 2 rings (SSSR count). The highest BCUT2D eigenvalue weighted by atomic mass is 19.4. The number of hydrogen-bond donors (Lipinski definition) is 1. The van der Waals surface area contributed by atoms with Crippen molar-refractivity contribution in [3.05, 3.63) is 23.9 Å². The number of halogens is 3. The van der Waals surface area contributed by atoms with Gasteiger partial charge in [-0.3, -0.25) is 0 Å². The second-order valence-corrected chi connectivity index (χ2v) is 4.39. The lowest BCUT2D eigenvalue weighted by atomic mass is 9.99. The number of hydrogen-bond acceptors (Lipinski definition) is 3. The molecule has 6 heteroatoms. The predicted molar refractivity (Wildman–Crippen MR) is 60.3 cm³/mol. The SMILES string of the molecule is FC(F)(F)c1ccc(OCC2CCNCC2)nc1. The van der Waals surface area contributed by atoms with Crippen LogP contribution in [0.15, 0.2) is 18.3 Å². The zero-order chi connectivity index (χ0) is 13.0. The van der Waals surface area contributed by atoms with Gasteiger partial charge in [-0.1, -0.05) is 0 Å². The summed E-state index contributed by atoms with van der Waals surface area (Å²) in [6, 6.07) is 2.26. The molecule has 0 unspecified atom stereocenters. The van der Waals surface area contributed by atoms with Crippen molar-refractivity contribution < 1.29 is 17.9 Å². The van der Waals surface area contributed by atoms with Crippen molar-refractivity contribution in [1.29, 1.82) is 0 Å². The fourth-order valence-corrected chi connectivity index (χ4v) is 1.88. The molecule has 1 saturated heterocycles. The van der Waals surface area contributed by atoms with E-state index in [0.717, 1.165) is 38.2 Å². The van der Waals surface area contributed by atoms with Gasteiger partial charge >= 0.3 is 6.18 Å². The van der Waals surface area contributed by atoms with Crippen LogP contribution in [-0.2, 0) is 6.18 Å². The Morgan fingerprint density at radius 1 is 1.28 bits per heavy atom. The molecule has 1 aromatic heterocycles. The second kappa shape index (κ2) is 5.56. The fourth-order valence-electron chi connectivity index (χ4n) is 1.88. The summed E-state index contributed by atoms with van der Waals surface area (Å²) in [5.74, 6) is 0.705. The van der Waals surface area contributed by atoms with Gasteiger partial charge in [0, 0.05) is 12.3 Å². The highest BCUT2D eigenvalue weighted by Gasteiger charge is 2.30. The quantitative estimate of drug-likeness (QED) is 0.906. The molecule has 2 heterocycles. The smallest absolute Gasteiger partial charge is 0.417 e. The maximum atomic E-state index is 12.3. The molecule has 0 spiro atoms. The van der Waals surface area contributed by atoms with Gasteiger partial charge < -0.3 is 10.1 Å². The summed E-state index contributed by atoms with van der Waals surface area (Å²) >= 11 is 0. The molecule has 0 bridgehead atoms. The molecule has 0 atom stereocenters. The van der Waals surface area contributed by atoms with Crippen LogP contribution in [0.3, 0.4) is 0 Å². The molecule has 0 amide bonds. The van der Waals surface area contributed by atoms with Crippen molar-refractivity contribution in [3.8, 4) is 5.88 Å². The highest BCUT2D eigenvalue weighted by Crippen LogP contribution is 2.29. The first-order chi connectivity index (χ1) is 8.55. The van der Waals surface area contributed by atoms with Gasteiger partial charge in [-0.2, -0.15) is 13.2 Å². The van der Waals surface area contributed by atoms with Crippen molar-refractivity contribution in [2.45, 2.75) is 19.0 Å². The molecule has 1 aromatic rings. The fraction of sp³-hybridized carbons (Fsp3) is 0.583. The van der Waals surface area contributed by atoms with Gasteiger partial charge in [0.15, 0.2) is 0 Å².